The van der Waals surface area contributed by atoms with Gasteiger partial charge in [0, 0.05) is 46.6 Å². The van der Waals surface area contributed by atoms with E-state index >= 15 is 0 Å². The minimum Gasteiger partial charge on any atom is -0.457 e. The van der Waals surface area contributed by atoms with Gasteiger partial charge in [0.15, 0.2) is 5.65 Å². The SMILES string of the molecule is C=C1C(=O)N(c2ccc3ncnc(Nc4ccc(Oc5ccn6ncnc6c5)c(C)c4)c3c2)[C@@H]2C[C@H]12. The Morgan fingerprint density at radius 2 is 1.97 bits per heavy atom. The zero-order chi connectivity index (χ0) is 24.4. The largest absolute Gasteiger partial charge is 0.457 e. The highest BCUT2D eigenvalue weighted by Crippen LogP contribution is 2.50. The first-order chi connectivity index (χ1) is 17.5. The summed E-state index contributed by atoms with van der Waals surface area (Å²) in [5, 5.41) is 8.36. The molecule has 2 aromatic carbocycles. The van der Waals surface area contributed by atoms with Gasteiger partial charge in [0.25, 0.3) is 5.91 Å². The van der Waals surface area contributed by atoms with Gasteiger partial charge in [-0.3, -0.25) is 4.79 Å². The quantitative estimate of drug-likeness (QED) is 0.364. The molecule has 3 aromatic heterocycles. The molecular formula is C27H21N7O2. The molecule has 1 amide bonds. The molecule has 2 atom stereocenters. The van der Waals surface area contributed by atoms with Gasteiger partial charge in [0.2, 0.25) is 0 Å². The van der Waals surface area contributed by atoms with Crippen LogP contribution in [-0.4, -0.2) is 36.5 Å². The van der Waals surface area contributed by atoms with E-state index in [1.54, 1.807) is 4.52 Å². The number of aryl methyl sites for hydroxylation is 1. The number of aromatic nitrogens is 5. The lowest BCUT2D eigenvalue weighted by Gasteiger charge is -2.19. The molecule has 1 aliphatic carbocycles. The van der Waals surface area contributed by atoms with Crippen molar-refractivity contribution in [3.05, 3.63) is 85.1 Å². The summed E-state index contributed by atoms with van der Waals surface area (Å²) in [5.41, 5.74) is 4.90. The minimum atomic E-state index is 0.0105. The second-order valence-corrected chi connectivity index (χ2v) is 9.17. The summed E-state index contributed by atoms with van der Waals surface area (Å²) in [5.74, 6) is 2.40. The maximum Gasteiger partial charge on any atom is 0.254 e. The van der Waals surface area contributed by atoms with Gasteiger partial charge >= 0.3 is 0 Å². The maximum atomic E-state index is 12.7. The van der Waals surface area contributed by atoms with E-state index < -0.39 is 0 Å². The van der Waals surface area contributed by atoms with E-state index in [0.29, 0.717) is 23.1 Å². The van der Waals surface area contributed by atoms with Crippen molar-refractivity contribution in [2.45, 2.75) is 19.4 Å². The molecule has 4 heterocycles. The zero-order valence-electron chi connectivity index (χ0n) is 19.4. The van der Waals surface area contributed by atoms with E-state index in [4.69, 9.17) is 4.74 Å². The lowest BCUT2D eigenvalue weighted by molar-refractivity contribution is -0.114. The number of benzene rings is 2. The molecule has 176 valence electrons. The smallest absolute Gasteiger partial charge is 0.254 e. The van der Waals surface area contributed by atoms with Crippen LogP contribution in [0, 0.1) is 12.8 Å². The molecule has 9 nitrogen and oxygen atoms in total. The number of carbonyl (C=O) groups excluding carboxylic acids is 1. The third-order valence-corrected chi connectivity index (χ3v) is 6.84. The molecule has 7 rings (SSSR count). The maximum absolute atomic E-state index is 12.7. The topological polar surface area (TPSA) is 97.5 Å². The fourth-order valence-electron chi connectivity index (χ4n) is 4.87. The predicted molar refractivity (Wildman–Crippen MR) is 136 cm³/mol. The minimum absolute atomic E-state index is 0.0105. The summed E-state index contributed by atoms with van der Waals surface area (Å²) in [6, 6.07) is 15.6. The van der Waals surface area contributed by atoms with Crippen LogP contribution in [0.5, 0.6) is 11.5 Å². The van der Waals surface area contributed by atoms with Crippen LogP contribution in [0.2, 0.25) is 0 Å². The number of carbonyl (C=O) groups is 1. The number of fused-ring (bicyclic) bond motifs is 3. The van der Waals surface area contributed by atoms with E-state index in [1.165, 1.54) is 12.7 Å². The molecule has 1 saturated heterocycles. The molecule has 36 heavy (non-hydrogen) atoms. The normalized spacial score (nSPS) is 18.6. The van der Waals surface area contributed by atoms with Crippen molar-refractivity contribution in [3.8, 4) is 11.5 Å². The Balaban J connectivity index is 1.17. The first-order valence-electron chi connectivity index (χ1n) is 11.7. The lowest BCUT2D eigenvalue weighted by Crippen LogP contribution is -2.28. The average molecular weight is 476 g/mol. The van der Waals surface area contributed by atoms with Gasteiger partial charge < -0.3 is 15.0 Å². The molecule has 1 N–H and O–H groups in total. The predicted octanol–water partition coefficient (Wildman–Crippen LogP) is 4.81. The van der Waals surface area contributed by atoms with Crippen molar-refractivity contribution in [2.75, 3.05) is 10.2 Å². The molecule has 2 aliphatic rings. The Hall–Kier alpha value is -4.79. The van der Waals surface area contributed by atoms with Crippen molar-refractivity contribution < 1.29 is 9.53 Å². The molecule has 0 unspecified atom stereocenters. The summed E-state index contributed by atoms with van der Waals surface area (Å²) in [4.78, 5) is 27.6. The number of piperidine rings is 1. The lowest BCUT2D eigenvalue weighted by atomic mass is 10.1. The number of anilines is 3. The fraction of sp³-hybridized carbons (Fsp3) is 0.148. The molecule has 0 spiro atoms. The van der Waals surface area contributed by atoms with Crippen LogP contribution >= 0.6 is 0 Å². The number of ether oxygens (including phenoxy) is 1. The third-order valence-electron chi connectivity index (χ3n) is 6.84. The van der Waals surface area contributed by atoms with Crippen LogP contribution in [0.25, 0.3) is 16.6 Å². The second kappa shape index (κ2) is 7.61. The Bertz CT molecular complexity index is 1710. The van der Waals surface area contributed by atoms with E-state index in [-0.39, 0.29) is 11.9 Å². The van der Waals surface area contributed by atoms with E-state index in [1.807, 2.05) is 66.6 Å². The van der Waals surface area contributed by atoms with Gasteiger partial charge in [-0.1, -0.05) is 6.58 Å². The van der Waals surface area contributed by atoms with Crippen LogP contribution in [0.4, 0.5) is 17.2 Å². The van der Waals surface area contributed by atoms with Crippen LogP contribution in [-0.2, 0) is 4.79 Å². The first kappa shape index (κ1) is 20.6. The van der Waals surface area contributed by atoms with Gasteiger partial charge in [-0.05, 0) is 61.4 Å². The van der Waals surface area contributed by atoms with Crippen LogP contribution in [0.15, 0.2) is 79.5 Å². The Labute approximate surface area is 206 Å². The average Bonchev–Trinajstić information content (AvgIpc) is 3.44. The van der Waals surface area contributed by atoms with Crippen LogP contribution < -0.4 is 15.0 Å². The Morgan fingerprint density at radius 3 is 2.81 bits per heavy atom. The summed E-state index contributed by atoms with van der Waals surface area (Å²) in [6.07, 6.45) is 5.84. The Morgan fingerprint density at radius 1 is 1.06 bits per heavy atom. The highest BCUT2D eigenvalue weighted by Gasteiger charge is 2.54. The number of hydrogen-bond donors (Lipinski definition) is 1. The van der Waals surface area contributed by atoms with Gasteiger partial charge in [-0.15, -0.1) is 0 Å². The van der Waals surface area contributed by atoms with Crippen molar-refractivity contribution in [1.29, 1.82) is 0 Å². The van der Waals surface area contributed by atoms with Crippen molar-refractivity contribution in [1.82, 2.24) is 24.6 Å². The van der Waals surface area contributed by atoms with Crippen molar-refractivity contribution in [2.24, 2.45) is 5.92 Å². The summed E-state index contributed by atoms with van der Waals surface area (Å²) >= 11 is 0. The van der Waals surface area contributed by atoms with Crippen molar-refractivity contribution >= 4 is 39.6 Å². The Kier molecular flexibility index (Phi) is 4.35. The van der Waals surface area contributed by atoms with E-state index in [9.17, 15) is 4.79 Å². The molecule has 1 aliphatic heterocycles. The molecule has 0 bridgehead atoms. The molecule has 0 radical (unpaired) electrons. The first-order valence-corrected chi connectivity index (χ1v) is 11.7. The monoisotopic (exact) mass is 475 g/mol. The highest BCUT2D eigenvalue weighted by atomic mass is 16.5. The van der Waals surface area contributed by atoms with Crippen LogP contribution in [0.3, 0.4) is 0 Å². The fourth-order valence-corrected chi connectivity index (χ4v) is 4.87. The molecule has 2 fully saturated rings. The molecule has 5 aromatic rings. The number of pyridine rings is 1. The summed E-state index contributed by atoms with van der Waals surface area (Å²) in [6.45, 7) is 5.97. The van der Waals surface area contributed by atoms with Gasteiger partial charge in [0.1, 0.15) is 30.0 Å². The van der Waals surface area contributed by atoms with Gasteiger partial charge in [-0.2, -0.15) is 5.10 Å². The number of nitrogens with zero attached hydrogens (tertiary/aromatic N) is 6. The molecule has 1 saturated carbocycles. The summed E-state index contributed by atoms with van der Waals surface area (Å²) < 4.78 is 7.77. The van der Waals surface area contributed by atoms with E-state index in [0.717, 1.165) is 45.7 Å². The standard InChI is InChI=1S/C27H21N7O2/c1-15-9-17(3-6-24(15)36-19-7-8-33-25(11-19)29-14-31-33)32-26-21-10-18(4-5-22(21)28-13-30-26)34-23-12-20(23)16(2)27(34)35/h3-11,13-14,20,23H,2,12H2,1H3,(H,28,30,32)/t20-,23-/m1/s1. The third kappa shape index (κ3) is 3.28. The van der Waals surface area contributed by atoms with Gasteiger partial charge in [0.05, 0.1) is 5.52 Å². The van der Waals surface area contributed by atoms with Crippen molar-refractivity contribution in [3.63, 3.8) is 0 Å². The molecular weight excluding hydrogens is 454 g/mol. The highest BCUT2D eigenvalue weighted by molar-refractivity contribution is 6.11. The van der Waals surface area contributed by atoms with Crippen LogP contribution in [0.1, 0.15) is 12.0 Å². The van der Waals surface area contributed by atoms with Gasteiger partial charge in [-0.25, -0.2) is 19.5 Å². The van der Waals surface area contributed by atoms with E-state index in [2.05, 4.69) is 31.9 Å². The molecule has 9 heteroatoms. The number of hydrogen-bond acceptors (Lipinski definition) is 7. The number of amides is 1. The number of rotatable bonds is 5. The second-order valence-electron chi connectivity index (χ2n) is 9.17. The summed E-state index contributed by atoms with van der Waals surface area (Å²) in [7, 11) is 0. The zero-order valence-corrected chi connectivity index (χ0v) is 19.4. The number of nitrogens with one attached hydrogen (secondary N) is 1.